The minimum Gasteiger partial charge on any atom is -0.456 e. The highest BCUT2D eigenvalue weighted by Crippen LogP contribution is 2.35. The molecule has 25 heavy (non-hydrogen) atoms. The van der Waals surface area contributed by atoms with Crippen LogP contribution in [-0.2, 0) is 23.8 Å². The van der Waals surface area contributed by atoms with Crippen LogP contribution in [-0.4, -0.2) is 61.5 Å². The number of fused-ring (bicyclic) bond motifs is 1. The van der Waals surface area contributed by atoms with Gasteiger partial charge in [0.2, 0.25) is 5.95 Å². The number of imidazole rings is 1. The molecule has 0 aliphatic carbocycles. The fourth-order valence-electron chi connectivity index (χ4n) is 2.76. The van der Waals surface area contributed by atoms with Gasteiger partial charge in [0.1, 0.15) is 11.6 Å². The van der Waals surface area contributed by atoms with Crippen LogP contribution in [0.3, 0.4) is 0 Å². The smallest absolute Gasteiger partial charge is 0.303 e. The molecule has 11 heteroatoms. The van der Waals surface area contributed by atoms with E-state index in [-0.39, 0.29) is 5.95 Å². The Hall–Kier alpha value is -2.79. The van der Waals surface area contributed by atoms with Crippen molar-refractivity contribution in [3.63, 3.8) is 0 Å². The first-order chi connectivity index (χ1) is 11.9. The SMILES string of the molecule is CC(=O)O[C@@H]1[C@H](OC(C)=O)[C@@H](CO)O[C@H]1n1cnc2cnc(N)nc21. The second kappa shape index (κ2) is 6.61. The van der Waals surface area contributed by atoms with Gasteiger partial charge in [0.15, 0.2) is 24.1 Å². The Balaban J connectivity index is 2.03. The monoisotopic (exact) mass is 351 g/mol. The summed E-state index contributed by atoms with van der Waals surface area (Å²) in [6.45, 7) is 2.00. The first-order valence-electron chi connectivity index (χ1n) is 7.46. The standard InChI is InChI=1S/C14H17N5O6/c1-6(21)23-10-9(4-20)25-13(11(10)24-7(2)22)19-5-17-8-3-16-14(15)18-12(8)19/h3,5,9-11,13,20H,4H2,1-2H3,(H2,15,16,18)/t9-,10-,11-,13-/m1/s1. The van der Waals surface area contributed by atoms with Crippen LogP contribution in [0.5, 0.6) is 0 Å². The van der Waals surface area contributed by atoms with Gasteiger partial charge in [0.05, 0.1) is 19.1 Å². The van der Waals surface area contributed by atoms with Crippen LogP contribution in [0.4, 0.5) is 5.95 Å². The van der Waals surface area contributed by atoms with Gasteiger partial charge in [0.25, 0.3) is 0 Å². The first kappa shape index (κ1) is 17.0. The Kier molecular flexibility index (Phi) is 4.51. The largest absolute Gasteiger partial charge is 0.456 e. The van der Waals surface area contributed by atoms with Crippen LogP contribution in [0.25, 0.3) is 11.2 Å². The number of hydrogen-bond acceptors (Lipinski definition) is 10. The maximum absolute atomic E-state index is 11.5. The van der Waals surface area contributed by atoms with E-state index in [1.54, 1.807) is 0 Å². The Morgan fingerprint density at radius 3 is 2.60 bits per heavy atom. The van der Waals surface area contributed by atoms with Crippen LogP contribution >= 0.6 is 0 Å². The molecule has 0 unspecified atom stereocenters. The number of aromatic nitrogens is 4. The van der Waals surface area contributed by atoms with Gasteiger partial charge in [-0.2, -0.15) is 4.98 Å². The molecular weight excluding hydrogens is 334 g/mol. The summed E-state index contributed by atoms with van der Waals surface area (Å²) in [6.07, 6.45) is -0.901. The van der Waals surface area contributed by atoms with Crippen molar-refractivity contribution in [2.45, 2.75) is 38.4 Å². The highest BCUT2D eigenvalue weighted by Gasteiger charge is 2.50. The van der Waals surface area contributed by atoms with E-state index in [9.17, 15) is 14.7 Å². The lowest BCUT2D eigenvalue weighted by atomic mass is 10.1. The zero-order valence-electron chi connectivity index (χ0n) is 13.5. The maximum Gasteiger partial charge on any atom is 0.303 e. The number of nitrogens with two attached hydrogens (primary N) is 1. The van der Waals surface area contributed by atoms with Crippen LogP contribution in [0.1, 0.15) is 20.1 Å². The van der Waals surface area contributed by atoms with Gasteiger partial charge in [0, 0.05) is 13.8 Å². The van der Waals surface area contributed by atoms with Crippen molar-refractivity contribution in [3.05, 3.63) is 12.5 Å². The summed E-state index contributed by atoms with van der Waals surface area (Å²) in [6, 6.07) is 0. The number of anilines is 1. The molecule has 0 radical (unpaired) electrons. The predicted molar refractivity (Wildman–Crippen MR) is 81.8 cm³/mol. The van der Waals surface area contributed by atoms with Gasteiger partial charge in [-0.3, -0.25) is 14.2 Å². The molecule has 0 spiro atoms. The number of aliphatic hydroxyl groups excluding tert-OH is 1. The number of rotatable bonds is 4. The Labute approximate surface area is 141 Å². The van der Waals surface area contributed by atoms with E-state index in [1.807, 2.05) is 0 Å². The van der Waals surface area contributed by atoms with E-state index >= 15 is 0 Å². The molecule has 4 atom stereocenters. The van der Waals surface area contributed by atoms with Crippen LogP contribution in [0, 0.1) is 0 Å². The van der Waals surface area contributed by atoms with Crippen molar-refractivity contribution in [2.75, 3.05) is 12.3 Å². The fraction of sp³-hybridized carbons (Fsp3) is 0.500. The third-order valence-electron chi connectivity index (χ3n) is 3.68. The van der Waals surface area contributed by atoms with E-state index in [4.69, 9.17) is 19.9 Å². The molecule has 1 saturated heterocycles. The average molecular weight is 351 g/mol. The minimum absolute atomic E-state index is 0.0338. The molecule has 2 aromatic rings. The third kappa shape index (κ3) is 3.23. The molecular formula is C14H17N5O6. The number of esters is 2. The molecule has 1 aliphatic heterocycles. The molecule has 11 nitrogen and oxygen atoms in total. The molecule has 134 valence electrons. The number of carbonyl (C=O) groups excluding carboxylic acids is 2. The Morgan fingerprint density at radius 1 is 1.28 bits per heavy atom. The number of nitrogens with zero attached hydrogens (tertiary/aromatic N) is 4. The summed E-state index contributed by atoms with van der Waals surface area (Å²) in [5, 5.41) is 9.55. The van der Waals surface area contributed by atoms with E-state index in [1.165, 1.54) is 30.9 Å². The summed E-state index contributed by atoms with van der Waals surface area (Å²) in [7, 11) is 0. The van der Waals surface area contributed by atoms with Gasteiger partial charge in [-0.1, -0.05) is 0 Å². The zero-order valence-corrected chi connectivity index (χ0v) is 13.5. The normalized spacial score (nSPS) is 25.9. The predicted octanol–water partition coefficient (Wildman–Crippen LogP) is -0.838. The summed E-state index contributed by atoms with van der Waals surface area (Å²) in [4.78, 5) is 35.0. The number of nitrogen functional groups attached to an aromatic ring is 1. The zero-order chi connectivity index (χ0) is 18.1. The number of ether oxygens (including phenoxy) is 3. The second-order valence-electron chi connectivity index (χ2n) is 5.48. The van der Waals surface area contributed by atoms with E-state index < -0.39 is 43.1 Å². The average Bonchev–Trinajstić information content (AvgIpc) is 3.08. The third-order valence-corrected chi connectivity index (χ3v) is 3.68. The van der Waals surface area contributed by atoms with Crippen LogP contribution in [0.2, 0.25) is 0 Å². The lowest BCUT2D eigenvalue weighted by molar-refractivity contribution is -0.165. The molecule has 3 N–H and O–H groups in total. The summed E-state index contributed by atoms with van der Waals surface area (Å²) in [5.41, 5.74) is 6.42. The highest BCUT2D eigenvalue weighted by atomic mass is 16.6. The van der Waals surface area contributed by atoms with Gasteiger partial charge in [-0.25, -0.2) is 9.97 Å². The van der Waals surface area contributed by atoms with E-state index in [0.717, 1.165) is 0 Å². The summed E-state index contributed by atoms with van der Waals surface area (Å²) in [5.74, 6) is -1.15. The minimum atomic E-state index is -0.993. The summed E-state index contributed by atoms with van der Waals surface area (Å²) < 4.78 is 17.7. The number of hydrogen-bond donors (Lipinski definition) is 2. The Bertz CT molecular complexity index is 808. The topological polar surface area (TPSA) is 152 Å². The van der Waals surface area contributed by atoms with Gasteiger partial charge in [-0.05, 0) is 0 Å². The molecule has 0 amide bonds. The van der Waals surface area contributed by atoms with Crippen molar-refractivity contribution in [1.82, 2.24) is 19.5 Å². The second-order valence-corrected chi connectivity index (χ2v) is 5.48. The highest BCUT2D eigenvalue weighted by molar-refractivity contribution is 5.71. The van der Waals surface area contributed by atoms with Gasteiger partial charge in [-0.15, -0.1) is 0 Å². The van der Waals surface area contributed by atoms with Crippen molar-refractivity contribution < 1.29 is 28.9 Å². The number of aliphatic hydroxyl groups is 1. The molecule has 3 heterocycles. The molecule has 1 fully saturated rings. The lowest BCUT2D eigenvalue weighted by Gasteiger charge is -2.23. The molecule has 2 aromatic heterocycles. The molecule has 0 bridgehead atoms. The van der Waals surface area contributed by atoms with Crippen LogP contribution < -0.4 is 5.73 Å². The summed E-state index contributed by atoms with van der Waals surface area (Å²) >= 11 is 0. The lowest BCUT2D eigenvalue weighted by Crippen LogP contribution is -2.40. The fourth-order valence-corrected chi connectivity index (χ4v) is 2.76. The van der Waals surface area contributed by atoms with Crippen molar-refractivity contribution >= 4 is 29.1 Å². The van der Waals surface area contributed by atoms with E-state index in [2.05, 4.69) is 15.0 Å². The van der Waals surface area contributed by atoms with E-state index in [0.29, 0.717) is 11.2 Å². The molecule has 1 aliphatic rings. The maximum atomic E-state index is 11.5. The molecule has 0 saturated carbocycles. The quantitative estimate of drug-likeness (QED) is 0.667. The first-order valence-corrected chi connectivity index (χ1v) is 7.46. The van der Waals surface area contributed by atoms with Gasteiger partial charge < -0.3 is 25.1 Å². The Morgan fingerprint density at radius 2 is 1.96 bits per heavy atom. The van der Waals surface area contributed by atoms with Crippen molar-refractivity contribution in [3.8, 4) is 0 Å². The van der Waals surface area contributed by atoms with Gasteiger partial charge >= 0.3 is 11.9 Å². The van der Waals surface area contributed by atoms with Crippen molar-refractivity contribution in [2.24, 2.45) is 0 Å². The molecule has 0 aromatic carbocycles. The van der Waals surface area contributed by atoms with Crippen molar-refractivity contribution in [1.29, 1.82) is 0 Å². The van der Waals surface area contributed by atoms with Crippen LogP contribution in [0.15, 0.2) is 12.5 Å². The molecule has 3 rings (SSSR count). The number of carbonyl (C=O) groups is 2.